The van der Waals surface area contributed by atoms with Crippen molar-refractivity contribution in [1.82, 2.24) is 0 Å². The number of carbonyl (C=O) groups excluding carboxylic acids is 1. The first-order chi connectivity index (χ1) is 9.82. The van der Waals surface area contributed by atoms with Gasteiger partial charge in [0.15, 0.2) is 0 Å². The van der Waals surface area contributed by atoms with E-state index < -0.39 is 11.8 Å². The van der Waals surface area contributed by atoms with Gasteiger partial charge in [0.2, 0.25) is 0 Å². The molecule has 0 amide bonds. The zero-order valence-corrected chi connectivity index (χ0v) is 12.9. The lowest BCUT2D eigenvalue weighted by Crippen LogP contribution is -2.42. The summed E-state index contributed by atoms with van der Waals surface area (Å²) in [5.41, 5.74) is 3.03. The van der Waals surface area contributed by atoms with E-state index in [2.05, 4.69) is 25.7 Å². The van der Waals surface area contributed by atoms with Crippen molar-refractivity contribution >= 4 is 17.2 Å². The van der Waals surface area contributed by atoms with E-state index in [0.717, 1.165) is 24.1 Å². The number of aryl methyl sites for hydroxylation is 1. The summed E-state index contributed by atoms with van der Waals surface area (Å²) in [5, 5.41) is 10.6. The van der Waals surface area contributed by atoms with Gasteiger partial charge in [-0.15, -0.1) is 0 Å². The molecule has 1 heterocycles. The molecule has 1 aromatic carbocycles. The Kier molecular flexibility index (Phi) is 4.35. The summed E-state index contributed by atoms with van der Waals surface area (Å²) in [4.78, 5) is 13.0. The molecule has 0 aliphatic carbocycles. The summed E-state index contributed by atoms with van der Waals surface area (Å²) < 4.78 is 13.5. The van der Waals surface area contributed by atoms with Gasteiger partial charge < -0.3 is 14.8 Å². The fourth-order valence-corrected chi connectivity index (χ4v) is 3.08. The van der Waals surface area contributed by atoms with Crippen LogP contribution >= 0.6 is 0 Å². The molecule has 3 nitrogen and oxygen atoms in total. The molecule has 0 fully saturated rings. The first-order valence-corrected chi connectivity index (χ1v) is 7.32. The largest absolute Gasteiger partial charge is 0.542 e. The molecular weight excluding hydrogens is 269 g/mol. The number of fused-ring (bicyclic) bond motifs is 1. The number of carboxylic acid groups (broad SMARTS) is 1. The summed E-state index contributed by atoms with van der Waals surface area (Å²) in [7, 11) is 0. The van der Waals surface area contributed by atoms with Crippen LogP contribution in [0.1, 0.15) is 45.2 Å². The fourth-order valence-electron chi connectivity index (χ4n) is 3.08. The van der Waals surface area contributed by atoms with Gasteiger partial charge in [0, 0.05) is 17.8 Å². The van der Waals surface area contributed by atoms with Crippen LogP contribution in [0, 0.1) is 0 Å². The first kappa shape index (κ1) is 15.5. The minimum Gasteiger partial charge on any atom is -0.542 e. The summed E-state index contributed by atoms with van der Waals surface area (Å²) in [6, 6.07) is 6.51. The van der Waals surface area contributed by atoms with E-state index >= 15 is 0 Å². The van der Waals surface area contributed by atoms with Crippen LogP contribution in [0.15, 0.2) is 24.0 Å². The van der Waals surface area contributed by atoms with E-state index in [0.29, 0.717) is 17.6 Å². The molecule has 0 saturated heterocycles. The lowest BCUT2D eigenvalue weighted by atomic mass is 9.92. The molecule has 0 spiro atoms. The highest BCUT2D eigenvalue weighted by atomic mass is 19.1. The second-order valence-electron chi connectivity index (χ2n) is 5.96. The Labute approximate surface area is 125 Å². The third-order valence-corrected chi connectivity index (χ3v) is 4.16. The highest BCUT2D eigenvalue weighted by Crippen LogP contribution is 2.34. The van der Waals surface area contributed by atoms with Crippen molar-refractivity contribution in [3.05, 3.63) is 35.2 Å². The topological polar surface area (TPSA) is 43.4 Å². The van der Waals surface area contributed by atoms with Gasteiger partial charge in [-0.1, -0.05) is 6.07 Å². The summed E-state index contributed by atoms with van der Waals surface area (Å²) in [5.74, 6) is -2.96. The van der Waals surface area contributed by atoms with Crippen molar-refractivity contribution in [3.63, 3.8) is 0 Å². The summed E-state index contributed by atoms with van der Waals surface area (Å²) >= 11 is 0. The molecule has 0 aromatic heterocycles. The zero-order valence-electron chi connectivity index (χ0n) is 12.9. The zero-order chi connectivity index (χ0) is 15.7. The number of nitrogens with zero attached hydrogens (tertiary/aromatic N) is 1. The average molecular weight is 290 g/mol. The molecule has 1 aliphatic heterocycles. The van der Waals surface area contributed by atoms with Crippen molar-refractivity contribution in [3.8, 4) is 0 Å². The van der Waals surface area contributed by atoms with Gasteiger partial charge in [-0.05, 0) is 69.4 Å². The van der Waals surface area contributed by atoms with Gasteiger partial charge in [0.1, 0.15) is 11.8 Å². The summed E-state index contributed by atoms with van der Waals surface area (Å²) in [6.07, 6.45) is 1.97. The van der Waals surface area contributed by atoms with Crippen molar-refractivity contribution in [2.75, 3.05) is 4.90 Å². The lowest BCUT2D eigenvalue weighted by molar-refractivity contribution is -0.301. The van der Waals surface area contributed by atoms with E-state index in [9.17, 15) is 14.3 Å². The van der Waals surface area contributed by atoms with E-state index in [4.69, 9.17) is 0 Å². The second kappa shape index (κ2) is 5.88. The van der Waals surface area contributed by atoms with E-state index in [1.807, 2.05) is 12.1 Å². The number of carboxylic acids is 1. The SMILES string of the molecule is C/C(=C(\F)C(=O)[O-])c1ccc2c(c1)CCC(C)N2C(C)C. The molecule has 1 aliphatic rings. The third kappa shape index (κ3) is 2.94. The lowest BCUT2D eigenvalue weighted by Gasteiger charge is -2.40. The van der Waals surface area contributed by atoms with E-state index in [-0.39, 0.29) is 5.57 Å². The highest BCUT2D eigenvalue weighted by Gasteiger charge is 2.25. The van der Waals surface area contributed by atoms with E-state index in [1.165, 1.54) is 6.92 Å². The normalized spacial score (nSPS) is 19.3. The maximum Gasteiger partial charge on any atom is 0.149 e. The minimum absolute atomic E-state index is 0.118. The molecule has 0 N–H and O–H groups in total. The number of carbonyl (C=O) groups is 1. The van der Waals surface area contributed by atoms with Crippen LogP contribution in [0.2, 0.25) is 0 Å². The number of rotatable bonds is 3. The van der Waals surface area contributed by atoms with Gasteiger partial charge >= 0.3 is 0 Å². The number of allylic oxidation sites excluding steroid dienone is 1. The Hall–Kier alpha value is -1.84. The van der Waals surface area contributed by atoms with Gasteiger partial charge in [-0.3, -0.25) is 0 Å². The van der Waals surface area contributed by atoms with Crippen molar-refractivity contribution in [2.45, 2.75) is 52.6 Å². The summed E-state index contributed by atoms with van der Waals surface area (Å²) in [6.45, 7) is 7.98. The van der Waals surface area contributed by atoms with Crippen molar-refractivity contribution < 1.29 is 14.3 Å². The molecule has 114 valence electrons. The van der Waals surface area contributed by atoms with Gasteiger partial charge in [-0.2, -0.15) is 0 Å². The maximum atomic E-state index is 13.5. The van der Waals surface area contributed by atoms with Crippen LogP contribution in [0.5, 0.6) is 0 Å². The Morgan fingerprint density at radius 3 is 2.67 bits per heavy atom. The monoisotopic (exact) mass is 290 g/mol. The standard InChI is InChI=1S/C17H22FNO2/c1-10(2)19-11(3)5-6-14-9-13(7-8-15(14)19)12(4)16(18)17(20)21/h7-11H,5-6H2,1-4H3,(H,20,21)/p-1/b16-12+. The Bertz CT molecular complexity index is 592. The smallest absolute Gasteiger partial charge is 0.149 e. The average Bonchev–Trinajstić information content (AvgIpc) is 2.44. The van der Waals surface area contributed by atoms with Crippen LogP contribution in [0.3, 0.4) is 0 Å². The number of aliphatic carboxylic acids is 1. The maximum absolute atomic E-state index is 13.5. The van der Waals surface area contributed by atoms with Crippen LogP contribution in [0.4, 0.5) is 10.1 Å². The number of hydrogen-bond acceptors (Lipinski definition) is 3. The molecule has 0 radical (unpaired) electrons. The Balaban J connectivity index is 2.46. The number of benzene rings is 1. The molecule has 21 heavy (non-hydrogen) atoms. The predicted octanol–water partition coefficient (Wildman–Crippen LogP) is 2.69. The van der Waals surface area contributed by atoms with Gasteiger partial charge in [0.25, 0.3) is 0 Å². The van der Waals surface area contributed by atoms with Gasteiger partial charge in [0.05, 0.1) is 0 Å². The van der Waals surface area contributed by atoms with Crippen LogP contribution in [-0.4, -0.2) is 18.1 Å². The van der Waals surface area contributed by atoms with Crippen LogP contribution in [-0.2, 0) is 11.2 Å². The molecule has 4 heteroatoms. The molecule has 0 bridgehead atoms. The molecular formula is C17H21FNO2-. The van der Waals surface area contributed by atoms with Gasteiger partial charge in [-0.25, -0.2) is 4.39 Å². The van der Waals surface area contributed by atoms with Crippen molar-refractivity contribution in [1.29, 1.82) is 0 Å². The Morgan fingerprint density at radius 1 is 1.43 bits per heavy atom. The molecule has 1 unspecified atom stereocenters. The fraction of sp³-hybridized carbons (Fsp3) is 0.471. The number of anilines is 1. The van der Waals surface area contributed by atoms with Crippen LogP contribution in [0.25, 0.3) is 5.57 Å². The number of hydrogen-bond donors (Lipinski definition) is 0. The molecule has 1 aromatic rings. The Morgan fingerprint density at radius 2 is 2.10 bits per heavy atom. The highest BCUT2D eigenvalue weighted by molar-refractivity contribution is 5.92. The van der Waals surface area contributed by atoms with Crippen molar-refractivity contribution in [2.24, 2.45) is 0 Å². The molecule has 1 atom stereocenters. The predicted molar refractivity (Wildman–Crippen MR) is 80.5 cm³/mol. The molecule has 2 rings (SSSR count). The number of halogens is 1. The second-order valence-corrected chi connectivity index (χ2v) is 5.96. The van der Waals surface area contributed by atoms with E-state index in [1.54, 1.807) is 6.07 Å². The first-order valence-electron chi connectivity index (χ1n) is 7.32. The third-order valence-electron chi connectivity index (χ3n) is 4.16. The minimum atomic E-state index is -1.76. The molecule has 0 saturated carbocycles. The quantitative estimate of drug-likeness (QED) is 0.804. The van der Waals surface area contributed by atoms with Crippen LogP contribution < -0.4 is 10.0 Å².